The van der Waals surface area contributed by atoms with E-state index in [-0.39, 0.29) is 5.41 Å². The topological polar surface area (TPSA) is 48.0 Å². The average molecular weight is 486 g/mol. The molecule has 0 spiro atoms. The molecule has 2 aromatic rings. The highest BCUT2D eigenvalue weighted by atomic mass is 16.5. The first kappa shape index (κ1) is 23.6. The highest BCUT2D eigenvalue weighted by Crippen LogP contribution is 2.61. The third kappa shape index (κ3) is 5.03. The van der Waals surface area contributed by atoms with Gasteiger partial charge in [-0.25, -0.2) is 4.79 Å². The Morgan fingerprint density at radius 3 is 2.36 bits per heavy atom. The summed E-state index contributed by atoms with van der Waals surface area (Å²) in [4.78, 5) is 14.7. The van der Waals surface area contributed by atoms with Gasteiger partial charge < -0.3 is 14.2 Å². The summed E-state index contributed by atoms with van der Waals surface area (Å²) in [5, 5.41) is 0. The second-order valence-electron chi connectivity index (χ2n) is 11.2. The molecule has 0 unspecified atom stereocenters. The van der Waals surface area contributed by atoms with Gasteiger partial charge in [0.05, 0.1) is 18.8 Å². The number of ether oxygens (including phenoxy) is 3. The van der Waals surface area contributed by atoms with Gasteiger partial charge in [0.2, 0.25) is 0 Å². The highest BCUT2D eigenvalue weighted by molar-refractivity contribution is 5.90. The molecule has 2 aromatic carbocycles. The van der Waals surface area contributed by atoms with Crippen molar-refractivity contribution in [2.45, 2.75) is 43.9 Å². The fourth-order valence-electron chi connectivity index (χ4n) is 7.46. The summed E-state index contributed by atoms with van der Waals surface area (Å²) < 4.78 is 17.2. The lowest BCUT2D eigenvalue weighted by Gasteiger charge is -2.57. The fraction of sp³-hybridized carbons (Fsp3) is 0.516. The first-order valence-corrected chi connectivity index (χ1v) is 13.5. The quantitative estimate of drug-likeness (QED) is 0.424. The predicted molar refractivity (Wildman–Crippen MR) is 138 cm³/mol. The van der Waals surface area contributed by atoms with Gasteiger partial charge in [-0.3, -0.25) is 4.90 Å². The SMILES string of the molecule is O=C(OC#Cc1ccc(OCCN2CCOCC2)c(C23CC4CC(CC(C4)C2)C3)c1)c1ccccc1. The number of hydrogen-bond acceptors (Lipinski definition) is 5. The van der Waals surface area contributed by atoms with Crippen molar-refractivity contribution in [2.75, 3.05) is 39.5 Å². The third-order valence-electron chi connectivity index (χ3n) is 8.71. The molecule has 1 aliphatic heterocycles. The zero-order valence-electron chi connectivity index (χ0n) is 20.9. The summed E-state index contributed by atoms with van der Waals surface area (Å²) in [5.41, 5.74) is 2.90. The van der Waals surface area contributed by atoms with Crippen LogP contribution in [0.2, 0.25) is 0 Å². The number of nitrogens with zero attached hydrogens (tertiary/aromatic N) is 1. The molecule has 4 saturated carbocycles. The normalized spacial score (nSPS) is 28.8. The van der Waals surface area contributed by atoms with Gasteiger partial charge >= 0.3 is 5.97 Å². The first-order valence-electron chi connectivity index (χ1n) is 13.5. The maximum Gasteiger partial charge on any atom is 0.352 e. The summed E-state index contributed by atoms with van der Waals surface area (Å²) in [6, 6.07) is 15.3. The number of carbonyl (C=O) groups excluding carboxylic acids is 1. The van der Waals surface area contributed by atoms with Crippen LogP contribution in [0.15, 0.2) is 48.5 Å². The summed E-state index contributed by atoms with van der Waals surface area (Å²) in [6.45, 7) is 5.16. The second kappa shape index (κ2) is 10.3. The molecule has 1 heterocycles. The van der Waals surface area contributed by atoms with Gasteiger partial charge in [0.25, 0.3) is 0 Å². The Morgan fingerprint density at radius 2 is 1.67 bits per heavy atom. The van der Waals surface area contributed by atoms with Gasteiger partial charge in [-0.1, -0.05) is 18.2 Å². The van der Waals surface area contributed by atoms with E-state index in [1.54, 1.807) is 12.1 Å². The highest BCUT2D eigenvalue weighted by Gasteiger charge is 2.52. The first-order chi connectivity index (χ1) is 17.7. The van der Waals surface area contributed by atoms with Crippen LogP contribution < -0.4 is 4.74 Å². The van der Waals surface area contributed by atoms with Crippen LogP contribution in [0.4, 0.5) is 0 Å². The maximum absolute atomic E-state index is 12.3. The van der Waals surface area contributed by atoms with Gasteiger partial charge in [0.15, 0.2) is 0 Å². The lowest BCUT2D eigenvalue weighted by molar-refractivity contribution is -0.00669. The number of esters is 1. The number of carbonyl (C=O) groups is 1. The van der Waals surface area contributed by atoms with E-state index in [9.17, 15) is 4.79 Å². The van der Waals surface area contributed by atoms with Crippen LogP contribution in [0.25, 0.3) is 0 Å². The van der Waals surface area contributed by atoms with Gasteiger partial charge in [-0.05, 0) is 97.9 Å². The molecule has 0 radical (unpaired) electrons. The van der Waals surface area contributed by atoms with E-state index < -0.39 is 5.97 Å². The molecular weight excluding hydrogens is 450 g/mol. The smallest absolute Gasteiger partial charge is 0.352 e. The van der Waals surface area contributed by atoms with Gasteiger partial charge in [0.1, 0.15) is 18.5 Å². The second-order valence-corrected chi connectivity index (χ2v) is 11.2. The third-order valence-corrected chi connectivity index (χ3v) is 8.71. The van der Waals surface area contributed by atoms with Crippen LogP contribution in [-0.4, -0.2) is 50.3 Å². The van der Waals surface area contributed by atoms with Crippen molar-refractivity contribution in [3.05, 3.63) is 65.2 Å². The zero-order valence-corrected chi connectivity index (χ0v) is 20.9. The molecule has 0 amide bonds. The monoisotopic (exact) mass is 485 g/mol. The van der Waals surface area contributed by atoms with Crippen LogP contribution in [-0.2, 0) is 14.9 Å². The van der Waals surface area contributed by atoms with Gasteiger partial charge in [-0.15, -0.1) is 0 Å². The number of hydrogen-bond donors (Lipinski definition) is 0. The lowest BCUT2D eigenvalue weighted by Crippen LogP contribution is -2.48. The minimum Gasteiger partial charge on any atom is -0.492 e. The summed E-state index contributed by atoms with van der Waals surface area (Å²) in [6.07, 6.45) is 10.6. The van der Waals surface area contributed by atoms with E-state index in [0.717, 1.165) is 61.9 Å². The summed E-state index contributed by atoms with van der Waals surface area (Å²) >= 11 is 0. The molecule has 5 fully saturated rings. The maximum atomic E-state index is 12.3. The van der Waals surface area contributed by atoms with E-state index in [0.29, 0.717) is 12.2 Å². The zero-order chi connectivity index (χ0) is 24.4. The molecule has 5 heteroatoms. The van der Waals surface area contributed by atoms with Crippen LogP contribution in [0.5, 0.6) is 5.75 Å². The van der Waals surface area contributed by atoms with Crippen molar-refractivity contribution < 1.29 is 19.0 Å². The van der Waals surface area contributed by atoms with Crippen molar-refractivity contribution in [3.8, 4) is 17.8 Å². The molecule has 4 bridgehead atoms. The minimum absolute atomic E-state index is 0.196. The summed E-state index contributed by atoms with van der Waals surface area (Å²) in [7, 11) is 0. The molecule has 188 valence electrons. The number of benzene rings is 2. The molecular formula is C31H35NO4. The average Bonchev–Trinajstić information content (AvgIpc) is 2.89. The largest absolute Gasteiger partial charge is 0.492 e. The van der Waals surface area contributed by atoms with E-state index in [1.165, 1.54) is 44.1 Å². The van der Waals surface area contributed by atoms with E-state index >= 15 is 0 Å². The summed E-state index contributed by atoms with van der Waals surface area (Å²) in [5.74, 6) is 6.21. The molecule has 0 N–H and O–H groups in total. The Balaban J connectivity index is 1.22. The Labute approximate surface area is 214 Å². The molecule has 5 nitrogen and oxygen atoms in total. The molecule has 7 rings (SSSR count). The van der Waals surface area contributed by atoms with Crippen molar-refractivity contribution in [1.29, 1.82) is 0 Å². The molecule has 4 aliphatic carbocycles. The predicted octanol–water partition coefficient (Wildman–Crippen LogP) is 5.03. The number of morpholine rings is 1. The van der Waals surface area contributed by atoms with Crippen LogP contribution in [0.3, 0.4) is 0 Å². The number of rotatable bonds is 6. The molecule has 1 saturated heterocycles. The molecule has 0 atom stereocenters. The fourth-order valence-corrected chi connectivity index (χ4v) is 7.46. The van der Waals surface area contributed by atoms with Gasteiger partial charge in [0, 0.05) is 30.8 Å². The van der Waals surface area contributed by atoms with Crippen molar-refractivity contribution in [3.63, 3.8) is 0 Å². The Hall–Kier alpha value is -2.81. The van der Waals surface area contributed by atoms with E-state index in [1.807, 2.05) is 24.3 Å². The standard InChI is InChI=1S/C31H35NO4/c33-30(27-4-2-1-3-5-27)36-12-8-23-6-7-29(35-15-11-32-9-13-34-14-10-32)28(19-23)31-20-24-16-25(21-31)18-26(17-24)22-31/h1-7,19,24-26H,9-11,13-18,20-22H2. The molecule has 5 aliphatic rings. The van der Waals surface area contributed by atoms with E-state index in [4.69, 9.17) is 14.2 Å². The Morgan fingerprint density at radius 1 is 0.972 bits per heavy atom. The van der Waals surface area contributed by atoms with Crippen LogP contribution in [0, 0.1) is 29.8 Å². The van der Waals surface area contributed by atoms with Crippen LogP contribution >= 0.6 is 0 Å². The van der Waals surface area contributed by atoms with E-state index in [2.05, 4.69) is 29.1 Å². The Kier molecular flexibility index (Phi) is 6.73. The molecule has 0 aromatic heterocycles. The van der Waals surface area contributed by atoms with Crippen molar-refractivity contribution in [1.82, 2.24) is 4.90 Å². The minimum atomic E-state index is -0.424. The molecule has 36 heavy (non-hydrogen) atoms. The van der Waals surface area contributed by atoms with Crippen molar-refractivity contribution in [2.24, 2.45) is 17.8 Å². The Bertz CT molecular complexity index is 1110. The lowest BCUT2D eigenvalue weighted by atomic mass is 9.48. The van der Waals surface area contributed by atoms with Crippen molar-refractivity contribution >= 4 is 5.97 Å². The van der Waals surface area contributed by atoms with Gasteiger partial charge in [-0.2, -0.15) is 0 Å². The van der Waals surface area contributed by atoms with Crippen LogP contribution in [0.1, 0.15) is 60.0 Å².